The molecule has 0 aliphatic carbocycles. The Labute approximate surface area is 102 Å². The lowest BCUT2D eigenvalue weighted by molar-refractivity contribution is -0.125. The highest BCUT2D eigenvalue weighted by Crippen LogP contribution is 1.98. The van der Waals surface area contributed by atoms with Crippen LogP contribution in [0.5, 0.6) is 0 Å². The van der Waals surface area contributed by atoms with E-state index < -0.39 is 9.76 Å². The minimum absolute atomic E-state index is 0.271. The Morgan fingerprint density at radius 2 is 1.59 bits per heavy atom. The van der Waals surface area contributed by atoms with Gasteiger partial charge in [-0.15, -0.1) is 0 Å². The first-order valence-electron chi connectivity index (χ1n) is 4.61. The van der Waals surface area contributed by atoms with Gasteiger partial charge in [-0.05, 0) is 0 Å². The van der Waals surface area contributed by atoms with Gasteiger partial charge < -0.3 is 4.12 Å². The Kier molecular flexibility index (Phi) is 4.69. The van der Waals surface area contributed by atoms with Gasteiger partial charge in [-0.3, -0.25) is 29.8 Å². The second-order valence-corrected chi connectivity index (χ2v) is 6.47. The number of carbonyl (C=O) groups excluding carboxylic acids is 4. The lowest BCUT2D eigenvalue weighted by Crippen LogP contribution is -2.23. The van der Waals surface area contributed by atoms with Crippen molar-refractivity contribution in [2.75, 3.05) is 0 Å². The van der Waals surface area contributed by atoms with Crippen LogP contribution in [-0.2, 0) is 23.3 Å². The smallest absolute Gasteiger partial charge is 0.252 e. The SMILES string of the molecule is O=C1C=C([SiH2]O[SiH3])C(=O)N1.O=C1C=CC(=O)N1. The van der Waals surface area contributed by atoms with Crippen LogP contribution in [0.3, 0.4) is 0 Å². The van der Waals surface area contributed by atoms with Gasteiger partial charge in [0, 0.05) is 23.4 Å². The van der Waals surface area contributed by atoms with E-state index in [1.54, 1.807) is 0 Å². The van der Waals surface area contributed by atoms with E-state index in [0.717, 1.165) is 0 Å². The second kappa shape index (κ2) is 6.03. The minimum atomic E-state index is -0.891. The number of hydrogen-bond donors (Lipinski definition) is 2. The van der Waals surface area contributed by atoms with Gasteiger partial charge in [0.05, 0.1) is 0 Å². The number of nitrogens with one attached hydrogen (secondary N) is 2. The summed E-state index contributed by atoms with van der Waals surface area (Å²) in [5.41, 5.74) is 0. The highest BCUT2D eigenvalue weighted by atomic mass is 28.3. The molecular formula is C8H10N2O5Si2. The monoisotopic (exact) mass is 270 g/mol. The number of rotatable bonds is 2. The molecule has 4 amide bonds. The van der Waals surface area contributed by atoms with Gasteiger partial charge in [0.2, 0.25) is 0 Å². The van der Waals surface area contributed by atoms with E-state index in [2.05, 4.69) is 5.32 Å². The van der Waals surface area contributed by atoms with Crippen molar-refractivity contribution in [1.82, 2.24) is 10.6 Å². The van der Waals surface area contributed by atoms with E-state index in [0.29, 0.717) is 15.7 Å². The standard InChI is InChI=1S/C4H7NO3Si2.C4H3NO2/c6-3-1-2(10-8-9)4(7)5-3;6-3-1-2-4(7)5-3/h1H,10H2,9H3,(H,5,6,7);1-2H,(H,5,6,7). The Morgan fingerprint density at radius 3 is 1.88 bits per heavy atom. The van der Waals surface area contributed by atoms with Crippen LogP contribution in [0.15, 0.2) is 23.4 Å². The minimum Gasteiger partial charge on any atom is -0.464 e. The summed E-state index contributed by atoms with van der Waals surface area (Å²) in [6.45, 7) is 0. The van der Waals surface area contributed by atoms with Gasteiger partial charge in [0.1, 0.15) is 10.5 Å². The van der Waals surface area contributed by atoms with Crippen LogP contribution in [0.1, 0.15) is 0 Å². The highest BCUT2D eigenvalue weighted by Gasteiger charge is 2.19. The first-order chi connectivity index (χ1) is 8.02. The normalized spacial score (nSPS) is 18.2. The Bertz CT molecular complexity index is 427. The molecule has 2 heterocycles. The molecule has 90 valence electrons. The van der Waals surface area contributed by atoms with Crippen LogP contribution in [0.25, 0.3) is 0 Å². The van der Waals surface area contributed by atoms with E-state index >= 15 is 0 Å². The van der Waals surface area contributed by atoms with Crippen molar-refractivity contribution in [2.45, 2.75) is 0 Å². The van der Waals surface area contributed by atoms with Crippen molar-refractivity contribution in [1.29, 1.82) is 0 Å². The van der Waals surface area contributed by atoms with Gasteiger partial charge in [0.15, 0.2) is 9.76 Å². The maximum atomic E-state index is 10.7. The number of imide groups is 2. The molecular weight excluding hydrogens is 260 g/mol. The van der Waals surface area contributed by atoms with Gasteiger partial charge in [-0.1, -0.05) is 0 Å². The molecule has 2 N–H and O–H groups in total. The molecule has 2 aliphatic rings. The summed E-state index contributed by atoms with van der Waals surface area (Å²) in [5.74, 6) is -1.24. The molecule has 0 spiro atoms. The summed E-state index contributed by atoms with van der Waals surface area (Å²) in [6, 6.07) is 0. The quantitative estimate of drug-likeness (QED) is 0.394. The zero-order valence-corrected chi connectivity index (χ0v) is 12.4. The zero-order chi connectivity index (χ0) is 12.8. The van der Waals surface area contributed by atoms with Crippen molar-refractivity contribution in [2.24, 2.45) is 0 Å². The molecule has 0 aromatic carbocycles. The van der Waals surface area contributed by atoms with Crippen LogP contribution in [0, 0.1) is 0 Å². The molecule has 7 nitrogen and oxygen atoms in total. The van der Waals surface area contributed by atoms with Crippen LogP contribution in [0.2, 0.25) is 0 Å². The molecule has 0 radical (unpaired) electrons. The predicted octanol–water partition coefficient (Wildman–Crippen LogP) is -3.89. The van der Waals surface area contributed by atoms with Crippen LogP contribution in [-0.4, -0.2) is 43.9 Å². The van der Waals surface area contributed by atoms with Crippen molar-refractivity contribution in [3.8, 4) is 0 Å². The average molecular weight is 270 g/mol. The lowest BCUT2D eigenvalue weighted by atomic mass is 10.5. The first-order valence-corrected chi connectivity index (χ1v) is 6.71. The molecule has 0 aromatic heterocycles. The molecule has 0 saturated heterocycles. The Morgan fingerprint density at radius 1 is 1.00 bits per heavy atom. The Balaban J connectivity index is 0.000000181. The van der Waals surface area contributed by atoms with E-state index in [1.807, 2.05) is 5.32 Å². The molecule has 0 unspecified atom stereocenters. The molecule has 0 atom stereocenters. The van der Waals surface area contributed by atoms with Crippen LogP contribution < -0.4 is 10.6 Å². The lowest BCUT2D eigenvalue weighted by Gasteiger charge is -1.94. The Hall–Kier alpha value is -1.85. The molecule has 2 aliphatic heterocycles. The fourth-order valence-corrected chi connectivity index (χ4v) is 2.80. The fourth-order valence-electron chi connectivity index (χ4n) is 1.07. The van der Waals surface area contributed by atoms with Crippen molar-refractivity contribution < 1.29 is 23.3 Å². The van der Waals surface area contributed by atoms with Gasteiger partial charge in [0.25, 0.3) is 23.6 Å². The summed E-state index contributed by atoms with van der Waals surface area (Å²) in [5, 5.41) is 4.73. The summed E-state index contributed by atoms with van der Waals surface area (Å²) < 4.78 is 4.94. The van der Waals surface area contributed by atoms with Gasteiger partial charge >= 0.3 is 0 Å². The molecule has 0 aromatic rings. The van der Waals surface area contributed by atoms with Crippen molar-refractivity contribution in [3.63, 3.8) is 0 Å². The maximum absolute atomic E-state index is 10.7. The van der Waals surface area contributed by atoms with Crippen molar-refractivity contribution in [3.05, 3.63) is 23.4 Å². The van der Waals surface area contributed by atoms with E-state index in [4.69, 9.17) is 4.12 Å². The first kappa shape index (κ1) is 13.2. The third-order valence-corrected chi connectivity index (χ3v) is 3.76. The molecule has 0 fully saturated rings. The van der Waals surface area contributed by atoms with Gasteiger partial charge in [-0.25, -0.2) is 0 Å². The van der Waals surface area contributed by atoms with Crippen LogP contribution in [0.4, 0.5) is 0 Å². The molecule has 0 bridgehead atoms. The van der Waals surface area contributed by atoms with Crippen LogP contribution >= 0.6 is 0 Å². The summed E-state index contributed by atoms with van der Waals surface area (Å²) in [4.78, 5) is 41.3. The average Bonchev–Trinajstić information content (AvgIpc) is 2.75. The summed E-state index contributed by atoms with van der Waals surface area (Å²) in [6.07, 6.45) is 3.72. The molecule has 9 heteroatoms. The third-order valence-electron chi connectivity index (χ3n) is 1.77. The number of carbonyl (C=O) groups is 4. The summed E-state index contributed by atoms with van der Waals surface area (Å²) >= 11 is 0. The number of hydrogen-bond acceptors (Lipinski definition) is 5. The predicted molar refractivity (Wildman–Crippen MR) is 63.1 cm³/mol. The van der Waals surface area contributed by atoms with Gasteiger partial charge in [-0.2, -0.15) is 0 Å². The van der Waals surface area contributed by atoms with E-state index in [9.17, 15) is 19.2 Å². The zero-order valence-electron chi connectivity index (χ0n) is 8.98. The fraction of sp³-hybridized carbons (Fsp3) is 0. The largest absolute Gasteiger partial charge is 0.464 e. The molecule has 0 saturated carbocycles. The van der Waals surface area contributed by atoms with E-state index in [-0.39, 0.29) is 23.6 Å². The third kappa shape index (κ3) is 4.26. The van der Waals surface area contributed by atoms with E-state index in [1.165, 1.54) is 18.2 Å². The molecule has 17 heavy (non-hydrogen) atoms. The van der Waals surface area contributed by atoms with Crippen molar-refractivity contribution >= 4 is 43.9 Å². The second-order valence-electron chi connectivity index (χ2n) is 3.11. The topological polar surface area (TPSA) is 102 Å². The molecule has 2 rings (SSSR count). The number of amides is 4. The maximum Gasteiger partial charge on any atom is 0.252 e. The summed E-state index contributed by atoms with van der Waals surface area (Å²) in [7, 11) is -0.253. The highest BCUT2D eigenvalue weighted by molar-refractivity contribution is 6.54.